The maximum atomic E-state index is 12.2. The number of rotatable bonds is 5. The van der Waals surface area contributed by atoms with Crippen molar-refractivity contribution in [1.82, 2.24) is 10.2 Å². The van der Waals surface area contributed by atoms with Gasteiger partial charge in [-0.25, -0.2) is 0 Å². The molecule has 0 radical (unpaired) electrons. The van der Waals surface area contributed by atoms with Crippen molar-refractivity contribution >= 4 is 28.1 Å². The minimum atomic E-state index is -0.587. The minimum absolute atomic E-state index is 0.0118. The van der Waals surface area contributed by atoms with E-state index in [4.69, 9.17) is 0 Å². The molecule has 0 saturated carbocycles. The van der Waals surface area contributed by atoms with Gasteiger partial charge in [0.2, 0.25) is 5.13 Å². The summed E-state index contributed by atoms with van der Waals surface area (Å²) >= 11 is 1.24. The maximum absolute atomic E-state index is 12.2. The number of nitro benzene ring substituents is 1. The lowest BCUT2D eigenvalue weighted by atomic mass is 10.1. The van der Waals surface area contributed by atoms with E-state index in [0.717, 1.165) is 10.6 Å². The molecule has 0 atom stereocenters. The number of nitrogens with one attached hydrogen (secondary N) is 1. The summed E-state index contributed by atoms with van der Waals surface area (Å²) in [6.07, 6.45) is 0.611. The van der Waals surface area contributed by atoms with Crippen LogP contribution < -0.4 is 5.32 Å². The third-order valence-corrected chi connectivity index (χ3v) is 4.07. The Morgan fingerprint density at radius 2 is 1.79 bits per heavy atom. The van der Waals surface area contributed by atoms with E-state index in [1.54, 1.807) is 6.07 Å². The normalized spacial score (nSPS) is 10.3. The van der Waals surface area contributed by atoms with Crippen molar-refractivity contribution < 1.29 is 9.72 Å². The first kappa shape index (κ1) is 15.8. The topological polar surface area (TPSA) is 98.0 Å². The first-order valence-electron chi connectivity index (χ1n) is 7.04. The van der Waals surface area contributed by atoms with Crippen molar-refractivity contribution in [1.29, 1.82) is 0 Å². The number of carbonyl (C=O) groups excluding carboxylic acids is 1. The number of para-hydroxylation sites is 1. The lowest BCUT2D eigenvalue weighted by Gasteiger charge is -2.01. The zero-order valence-corrected chi connectivity index (χ0v) is 13.2. The Morgan fingerprint density at radius 1 is 1.08 bits per heavy atom. The zero-order chi connectivity index (χ0) is 16.9. The molecule has 0 aliphatic rings. The summed E-state index contributed by atoms with van der Waals surface area (Å²) in [5.74, 6) is -0.579. The van der Waals surface area contributed by atoms with E-state index >= 15 is 0 Å². The average molecular weight is 340 g/mol. The molecule has 0 fully saturated rings. The first-order chi connectivity index (χ1) is 11.6. The van der Waals surface area contributed by atoms with E-state index in [9.17, 15) is 14.9 Å². The fourth-order valence-corrected chi connectivity index (χ4v) is 2.90. The van der Waals surface area contributed by atoms with E-state index in [1.807, 2.05) is 30.3 Å². The van der Waals surface area contributed by atoms with Gasteiger partial charge in [-0.3, -0.25) is 20.2 Å². The van der Waals surface area contributed by atoms with Crippen LogP contribution in [0.15, 0.2) is 54.6 Å². The number of hydrogen-bond acceptors (Lipinski definition) is 6. The van der Waals surface area contributed by atoms with Gasteiger partial charge in [0, 0.05) is 12.5 Å². The second-order valence-corrected chi connectivity index (χ2v) is 5.95. The van der Waals surface area contributed by atoms with Gasteiger partial charge < -0.3 is 0 Å². The molecule has 7 nitrogen and oxygen atoms in total. The van der Waals surface area contributed by atoms with Crippen LogP contribution in [-0.4, -0.2) is 21.0 Å². The molecule has 0 saturated heterocycles. The van der Waals surface area contributed by atoms with Crippen LogP contribution in [0.1, 0.15) is 20.9 Å². The molecule has 1 N–H and O–H groups in total. The number of anilines is 1. The van der Waals surface area contributed by atoms with Crippen LogP contribution in [0.2, 0.25) is 0 Å². The van der Waals surface area contributed by atoms with Crippen molar-refractivity contribution in [2.45, 2.75) is 6.42 Å². The monoisotopic (exact) mass is 340 g/mol. The van der Waals surface area contributed by atoms with Gasteiger partial charge in [0.15, 0.2) is 0 Å². The standard InChI is InChI=1S/C16H12N4O3S/c21-15(12-8-4-5-9-13(12)20(22)23)17-16-19-18-14(24-16)10-11-6-2-1-3-7-11/h1-9H,10H2,(H,17,19,21). The Labute approximate surface area is 141 Å². The molecule has 3 aromatic rings. The van der Waals surface area contributed by atoms with Crippen LogP contribution in [0.3, 0.4) is 0 Å². The van der Waals surface area contributed by atoms with Crippen molar-refractivity contribution in [3.05, 3.63) is 80.8 Å². The number of nitro groups is 1. The summed E-state index contributed by atoms with van der Waals surface area (Å²) in [5.41, 5.74) is 0.830. The van der Waals surface area contributed by atoms with E-state index in [0.29, 0.717) is 11.6 Å². The predicted octanol–water partition coefficient (Wildman–Crippen LogP) is 3.29. The lowest BCUT2D eigenvalue weighted by Crippen LogP contribution is -2.13. The Bertz CT molecular complexity index is 880. The SMILES string of the molecule is O=C(Nc1nnc(Cc2ccccc2)s1)c1ccccc1[N+](=O)[O-]. The van der Waals surface area contributed by atoms with Crippen LogP contribution in [0.4, 0.5) is 10.8 Å². The molecule has 0 spiro atoms. The summed E-state index contributed by atoms with van der Waals surface area (Å²) in [6, 6.07) is 15.5. The fourth-order valence-electron chi connectivity index (χ4n) is 2.14. The van der Waals surface area contributed by atoms with E-state index in [1.165, 1.54) is 29.5 Å². The van der Waals surface area contributed by atoms with Gasteiger partial charge in [-0.2, -0.15) is 0 Å². The molecule has 0 aliphatic heterocycles. The summed E-state index contributed by atoms with van der Waals surface area (Å²) in [5, 5.41) is 22.6. The molecule has 8 heteroatoms. The Balaban J connectivity index is 1.73. The number of nitrogens with zero attached hydrogens (tertiary/aromatic N) is 3. The van der Waals surface area contributed by atoms with Crippen LogP contribution in [0.5, 0.6) is 0 Å². The van der Waals surface area contributed by atoms with Crippen LogP contribution in [0, 0.1) is 10.1 Å². The molecule has 0 aliphatic carbocycles. The number of benzene rings is 2. The van der Waals surface area contributed by atoms with Gasteiger partial charge in [0.05, 0.1) is 4.92 Å². The second-order valence-electron chi connectivity index (χ2n) is 4.89. The third-order valence-electron chi connectivity index (χ3n) is 3.23. The molecule has 2 aromatic carbocycles. The first-order valence-corrected chi connectivity index (χ1v) is 7.86. The van der Waals surface area contributed by atoms with Crippen LogP contribution >= 0.6 is 11.3 Å². The largest absolute Gasteiger partial charge is 0.296 e. The van der Waals surface area contributed by atoms with Gasteiger partial charge in [0.25, 0.3) is 11.6 Å². The molecule has 1 heterocycles. The highest BCUT2D eigenvalue weighted by Gasteiger charge is 2.20. The van der Waals surface area contributed by atoms with E-state index in [-0.39, 0.29) is 11.3 Å². The lowest BCUT2D eigenvalue weighted by molar-refractivity contribution is -0.385. The summed E-state index contributed by atoms with van der Waals surface area (Å²) in [7, 11) is 0. The summed E-state index contributed by atoms with van der Waals surface area (Å²) in [4.78, 5) is 22.6. The number of hydrogen-bond donors (Lipinski definition) is 1. The van der Waals surface area contributed by atoms with Crippen molar-refractivity contribution in [2.24, 2.45) is 0 Å². The predicted molar refractivity (Wildman–Crippen MR) is 90.2 cm³/mol. The molecular formula is C16H12N4O3S. The Kier molecular flexibility index (Phi) is 4.57. The van der Waals surface area contributed by atoms with Crippen molar-refractivity contribution in [3.8, 4) is 0 Å². The molecule has 24 heavy (non-hydrogen) atoms. The van der Waals surface area contributed by atoms with Crippen LogP contribution in [-0.2, 0) is 6.42 Å². The number of carbonyl (C=O) groups is 1. The molecule has 0 unspecified atom stereocenters. The minimum Gasteiger partial charge on any atom is -0.296 e. The number of amides is 1. The maximum Gasteiger partial charge on any atom is 0.282 e. The third kappa shape index (κ3) is 3.61. The molecule has 0 bridgehead atoms. The van der Waals surface area contributed by atoms with Crippen molar-refractivity contribution in [3.63, 3.8) is 0 Å². The Morgan fingerprint density at radius 3 is 2.54 bits per heavy atom. The highest BCUT2D eigenvalue weighted by atomic mass is 32.1. The molecular weight excluding hydrogens is 328 g/mol. The van der Waals surface area contributed by atoms with Crippen molar-refractivity contribution in [2.75, 3.05) is 5.32 Å². The molecule has 1 amide bonds. The van der Waals surface area contributed by atoms with Gasteiger partial charge in [-0.15, -0.1) is 10.2 Å². The molecule has 120 valence electrons. The highest BCUT2D eigenvalue weighted by molar-refractivity contribution is 7.15. The number of aromatic nitrogens is 2. The smallest absolute Gasteiger partial charge is 0.282 e. The summed E-state index contributed by atoms with van der Waals surface area (Å²) < 4.78 is 0. The average Bonchev–Trinajstić information content (AvgIpc) is 3.02. The molecule has 3 rings (SSSR count). The van der Waals surface area contributed by atoms with Gasteiger partial charge in [-0.1, -0.05) is 53.8 Å². The summed E-state index contributed by atoms with van der Waals surface area (Å²) in [6.45, 7) is 0. The van der Waals surface area contributed by atoms with Gasteiger partial charge in [0.1, 0.15) is 10.6 Å². The quantitative estimate of drug-likeness (QED) is 0.567. The Hall–Kier alpha value is -3.13. The zero-order valence-electron chi connectivity index (χ0n) is 12.4. The van der Waals surface area contributed by atoms with Gasteiger partial charge >= 0.3 is 0 Å². The molecule has 1 aromatic heterocycles. The van der Waals surface area contributed by atoms with E-state index < -0.39 is 10.8 Å². The van der Waals surface area contributed by atoms with E-state index in [2.05, 4.69) is 15.5 Å². The van der Waals surface area contributed by atoms with Gasteiger partial charge in [-0.05, 0) is 11.6 Å². The van der Waals surface area contributed by atoms with Crippen LogP contribution in [0.25, 0.3) is 0 Å². The second kappa shape index (κ2) is 6.97. The highest BCUT2D eigenvalue weighted by Crippen LogP contribution is 2.22. The fraction of sp³-hybridized carbons (Fsp3) is 0.0625.